The largest absolute Gasteiger partial charge is 0.479 e. The molecule has 0 aliphatic rings. The molecule has 0 spiro atoms. The summed E-state index contributed by atoms with van der Waals surface area (Å²) in [7, 11) is 1.57. The van der Waals surface area contributed by atoms with E-state index in [-0.39, 0.29) is 5.88 Å². The maximum absolute atomic E-state index is 6.05. The van der Waals surface area contributed by atoms with Gasteiger partial charge in [-0.3, -0.25) is 4.57 Å². The van der Waals surface area contributed by atoms with Gasteiger partial charge in [0.15, 0.2) is 11.2 Å². The van der Waals surface area contributed by atoms with Crippen LogP contribution in [0.2, 0.25) is 0 Å². The van der Waals surface area contributed by atoms with Crippen LogP contribution >= 0.6 is 11.6 Å². The number of fused-ring (bicyclic) bond motifs is 1. The number of rotatable bonds is 3. The van der Waals surface area contributed by atoms with Crippen LogP contribution in [0.4, 0.5) is 0 Å². The molecule has 0 N–H and O–H groups in total. The predicted molar refractivity (Wildman–Crippen MR) is 82.2 cm³/mol. The molecule has 2 heterocycles. The molecule has 0 bridgehead atoms. The summed E-state index contributed by atoms with van der Waals surface area (Å²) in [4.78, 5) is 12.9. The highest BCUT2D eigenvalue weighted by molar-refractivity contribution is 6.17. The van der Waals surface area contributed by atoms with Crippen molar-refractivity contribution in [3.63, 3.8) is 0 Å². The van der Waals surface area contributed by atoms with Crippen LogP contribution in [0.1, 0.15) is 17.0 Å². The van der Waals surface area contributed by atoms with E-state index in [1.54, 1.807) is 7.11 Å². The first-order valence-corrected chi connectivity index (χ1v) is 7.09. The molecule has 5 nitrogen and oxygen atoms in total. The van der Waals surface area contributed by atoms with E-state index in [9.17, 15) is 0 Å². The van der Waals surface area contributed by atoms with Crippen molar-refractivity contribution in [1.82, 2.24) is 19.5 Å². The Morgan fingerprint density at radius 2 is 2.00 bits per heavy atom. The van der Waals surface area contributed by atoms with Gasteiger partial charge in [0.25, 0.3) is 0 Å². The van der Waals surface area contributed by atoms with Gasteiger partial charge in [0.05, 0.1) is 13.0 Å². The van der Waals surface area contributed by atoms with Gasteiger partial charge in [-0.1, -0.05) is 6.07 Å². The fourth-order valence-corrected chi connectivity index (χ4v) is 2.47. The van der Waals surface area contributed by atoms with E-state index in [1.165, 1.54) is 17.5 Å². The quantitative estimate of drug-likeness (QED) is 0.697. The molecule has 0 atom stereocenters. The summed E-state index contributed by atoms with van der Waals surface area (Å²) in [5, 5.41) is 0. The van der Waals surface area contributed by atoms with Gasteiger partial charge in [-0.05, 0) is 37.1 Å². The van der Waals surface area contributed by atoms with Gasteiger partial charge in [0.2, 0.25) is 5.88 Å². The minimum absolute atomic E-state index is 0.284. The van der Waals surface area contributed by atoms with E-state index in [1.807, 2.05) is 10.6 Å². The van der Waals surface area contributed by atoms with Crippen molar-refractivity contribution in [2.24, 2.45) is 0 Å². The van der Waals surface area contributed by atoms with Crippen LogP contribution < -0.4 is 4.74 Å². The molecule has 0 saturated carbocycles. The average Bonchev–Trinajstić information content (AvgIpc) is 2.88. The molecule has 1 aromatic carbocycles. The molecule has 0 fully saturated rings. The number of alkyl halides is 1. The van der Waals surface area contributed by atoms with Crippen molar-refractivity contribution < 1.29 is 4.74 Å². The van der Waals surface area contributed by atoms with Crippen LogP contribution in [0.25, 0.3) is 16.9 Å². The Morgan fingerprint density at radius 1 is 1.19 bits per heavy atom. The van der Waals surface area contributed by atoms with Crippen LogP contribution in [0, 0.1) is 13.8 Å². The standard InChI is InChI=1S/C15H15ClN4O/c1-9-4-5-11(6-10(9)2)20-12(7-16)19-13-14(20)17-8-18-15(13)21-3/h4-6,8H,7H2,1-3H3. The Hall–Kier alpha value is -2.14. The molecule has 108 valence electrons. The lowest BCUT2D eigenvalue weighted by atomic mass is 10.1. The third-order valence-corrected chi connectivity index (χ3v) is 3.78. The van der Waals surface area contributed by atoms with Gasteiger partial charge < -0.3 is 4.74 Å². The fraction of sp³-hybridized carbons (Fsp3) is 0.267. The lowest BCUT2D eigenvalue weighted by molar-refractivity contribution is 0.401. The Labute approximate surface area is 127 Å². The molecule has 2 aromatic heterocycles. The van der Waals surface area contributed by atoms with Crippen LogP contribution in [-0.2, 0) is 5.88 Å². The van der Waals surface area contributed by atoms with Crippen molar-refractivity contribution in [2.45, 2.75) is 19.7 Å². The van der Waals surface area contributed by atoms with Crippen molar-refractivity contribution in [1.29, 1.82) is 0 Å². The Balaban J connectivity index is 2.32. The maximum atomic E-state index is 6.05. The normalized spacial score (nSPS) is 11.0. The minimum Gasteiger partial charge on any atom is -0.479 e. The van der Waals surface area contributed by atoms with Gasteiger partial charge in [-0.2, -0.15) is 4.98 Å². The zero-order chi connectivity index (χ0) is 15.0. The molecule has 3 aromatic rings. The second-order valence-corrected chi connectivity index (χ2v) is 5.09. The van der Waals surface area contributed by atoms with E-state index in [0.29, 0.717) is 22.9 Å². The van der Waals surface area contributed by atoms with Crippen molar-refractivity contribution in [3.8, 4) is 11.6 Å². The van der Waals surface area contributed by atoms with Crippen LogP contribution in [0.15, 0.2) is 24.5 Å². The number of imidazole rings is 1. The second kappa shape index (κ2) is 5.33. The molecule has 3 rings (SSSR count). The predicted octanol–water partition coefficient (Wildman–Crippen LogP) is 3.18. The Bertz CT molecular complexity index is 813. The number of halogens is 1. The van der Waals surface area contributed by atoms with Crippen LogP contribution in [0.3, 0.4) is 0 Å². The van der Waals surface area contributed by atoms with Crippen LogP contribution in [-0.4, -0.2) is 26.6 Å². The van der Waals surface area contributed by atoms with Crippen LogP contribution in [0.5, 0.6) is 5.88 Å². The summed E-state index contributed by atoms with van der Waals surface area (Å²) in [6.07, 6.45) is 1.47. The molecule has 0 unspecified atom stereocenters. The lowest BCUT2D eigenvalue weighted by Gasteiger charge is -2.09. The molecule has 21 heavy (non-hydrogen) atoms. The van der Waals surface area contributed by atoms with E-state index < -0.39 is 0 Å². The van der Waals surface area contributed by atoms with E-state index in [0.717, 1.165) is 5.69 Å². The summed E-state index contributed by atoms with van der Waals surface area (Å²) >= 11 is 6.05. The number of aromatic nitrogens is 4. The molecular formula is C15H15ClN4O. The molecule has 0 amide bonds. The molecular weight excluding hydrogens is 288 g/mol. The first-order chi connectivity index (χ1) is 10.2. The zero-order valence-electron chi connectivity index (χ0n) is 12.1. The van der Waals surface area contributed by atoms with Gasteiger partial charge >= 0.3 is 0 Å². The third-order valence-electron chi connectivity index (χ3n) is 3.54. The average molecular weight is 303 g/mol. The van der Waals surface area contributed by atoms with Crippen molar-refractivity contribution in [2.75, 3.05) is 7.11 Å². The number of nitrogens with zero attached hydrogens (tertiary/aromatic N) is 4. The highest BCUT2D eigenvalue weighted by Crippen LogP contribution is 2.26. The van der Waals surface area contributed by atoms with Crippen molar-refractivity contribution >= 4 is 22.8 Å². The second-order valence-electron chi connectivity index (χ2n) is 4.82. The summed E-state index contributed by atoms with van der Waals surface area (Å²) in [6, 6.07) is 6.21. The Morgan fingerprint density at radius 3 is 2.67 bits per heavy atom. The molecule has 0 radical (unpaired) electrons. The number of hydrogen-bond donors (Lipinski definition) is 0. The molecule has 0 aliphatic heterocycles. The summed E-state index contributed by atoms with van der Waals surface area (Å²) < 4.78 is 7.19. The number of hydrogen-bond acceptors (Lipinski definition) is 4. The lowest BCUT2D eigenvalue weighted by Crippen LogP contribution is -2.01. The van der Waals surface area contributed by atoms with Crippen molar-refractivity contribution in [3.05, 3.63) is 41.5 Å². The fourth-order valence-electron chi connectivity index (χ4n) is 2.29. The first-order valence-electron chi connectivity index (χ1n) is 6.55. The molecule has 0 saturated heterocycles. The smallest absolute Gasteiger partial charge is 0.245 e. The Kier molecular flexibility index (Phi) is 3.51. The first kappa shape index (κ1) is 13.8. The highest BCUT2D eigenvalue weighted by Gasteiger charge is 2.17. The molecule has 6 heteroatoms. The maximum Gasteiger partial charge on any atom is 0.245 e. The number of benzene rings is 1. The topological polar surface area (TPSA) is 52.8 Å². The van der Waals surface area contributed by atoms with E-state index >= 15 is 0 Å². The highest BCUT2D eigenvalue weighted by atomic mass is 35.5. The third kappa shape index (κ3) is 2.23. The summed E-state index contributed by atoms with van der Waals surface area (Å²) in [5.41, 5.74) is 4.74. The summed E-state index contributed by atoms with van der Waals surface area (Å²) in [5.74, 6) is 1.45. The summed E-state index contributed by atoms with van der Waals surface area (Å²) in [6.45, 7) is 4.16. The van der Waals surface area contributed by atoms with E-state index in [2.05, 4.69) is 40.9 Å². The SMILES string of the molecule is COc1ncnc2c1nc(CCl)n2-c1ccc(C)c(C)c1. The van der Waals surface area contributed by atoms with Gasteiger partial charge in [-0.15, -0.1) is 11.6 Å². The van der Waals surface area contributed by atoms with Gasteiger partial charge in [0, 0.05) is 5.69 Å². The zero-order valence-corrected chi connectivity index (χ0v) is 12.8. The number of ether oxygens (including phenoxy) is 1. The molecule has 0 aliphatic carbocycles. The van der Waals surface area contributed by atoms with E-state index in [4.69, 9.17) is 16.3 Å². The van der Waals surface area contributed by atoms with Gasteiger partial charge in [0.1, 0.15) is 12.2 Å². The number of aryl methyl sites for hydroxylation is 2. The van der Waals surface area contributed by atoms with Gasteiger partial charge in [-0.25, -0.2) is 9.97 Å². The monoisotopic (exact) mass is 302 g/mol. The number of methoxy groups -OCH3 is 1. The minimum atomic E-state index is 0.284.